The lowest BCUT2D eigenvalue weighted by molar-refractivity contribution is 0.102. The van der Waals surface area contributed by atoms with Crippen molar-refractivity contribution in [3.05, 3.63) is 77.3 Å². The van der Waals surface area contributed by atoms with Crippen molar-refractivity contribution in [3.8, 4) is 23.0 Å². The van der Waals surface area contributed by atoms with Crippen LogP contribution in [0.3, 0.4) is 0 Å². The largest absolute Gasteiger partial charge is 0.490 e. The molecule has 3 rings (SSSR count). The highest BCUT2D eigenvalue weighted by Gasteiger charge is 2.16. The van der Waals surface area contributed by atoms with Crippen LogP contribution in [0.4, 0.5) is 5.69 Å². The minimum Gasteiger partial charge on any atom is -0.490 e. The van der Waals surface area contributed by atoms with E-state index in [0.717, 1.165) is 5.75 Å². The smallest absolute Gasteiger partial charge is 0.255 e. The van der Waals surface area contributed by atoms with Crippen LogP contribution >= 0.6 is 11.6 Å². The van der Waals surface area contributed by atoms with Crippen LogP contribution in [0.25, 0.3) is 0 Å². The summed E-state index contributed by atoms with van der Waals surface area (Å²) in [6.07, 6.45) is 0. The topological polar surface area (TPSA) is 56.8 Å². The zero-order valence-corrected chi connectivity index (χ0v) is 17.0. The van der Waals surface area contributed by atoms with Crippen molar-refractivity contribution in [2.75, 3.05) is 18.5 Å². The normalized spacial score (nSPS) is 10.3. The summed E-state index contributed by atoms with van der Waals surface area (Å²) in [4.78, 5) is 12.7. The number of hydrogen-bond acceptors (Lipinski definition) is 4. The van der Waals surface area contributed by atoms with Crippen molar-refractivity contribution in [3.63, 3.8) is 0 Å². The fourth-order valence-corrected chi connectivity index (χ4v) is 2.95. The Balaban J connectivity index is 1.72. The maximum atomic E-state index is 12.7. The van der Waals surface area contributed by atoms with Crippen molar-refractivity contribution in [2.45, 2.75) is 13.8 Å². The maximum Gasteiger partial charge on any atom is 0.255 e. The summed E-state index contributed by atoms with van der Waals surface area (Å²) in [5.74, 6) is 2.01. The standard InChI is InChI=1S/C23H22ClNO4/c1-3-27-21-15-16(14-20(24)22(21)28-4-2)23(26)25-17-10-12-19(13-11-17)29-18-8-6-5-7-9-18/h5-15H,3-4H2,1-2H3,(H,25,26). The van der Waals surface area contributed by atoms with E-state index in [2.05, 4.69) is 5.32 Å². The second-order valence-electron chi connectivity index (χ2n) is 6.04. The number of amides is 1. The van der Waals surface area contributed by atoms with Crippen molar-refractivity contribution < 1.29 is 19.0 Å². The van der Waals surface area contributed by atoms with Crippen molar-refractivity contribution in [1.29, 1.82) is 0 Å². The minimum absolute atomic E-state index is 0.298. The molecule has 0 atom stereocenters. The molecule has 3 aromatic carbocycles. The Bertz CT molecular complexity index is 959. The summed E-state index contributed by atoms with van der Waals surface area (Å²) in [5, 5.41) is 3.18. The van der Waals surface area contributed by atoms with Crippen LogP contribution in [0.2, 0.25) is 5.02 Å². The molecule has 6 heteroatoms. The highest BCUT2D eigenvalue weighted by molar-refractivity contribution is 6.32. The second kappa shape index (κ2) is 9.85. The van der Waals surface area contributed by atoms with Gasteiger partial charge in [-0.3, -0.25) is 4.79 Å². The molecule has 0 bridgehead atoms. The fourth-order valence-electron chi connectivity index (χ4n) is 2.68. The van der Waals surface area contributed by atoms with Crippen LogP contribution in [0, 0.1) is 0 Å². The third kappa shape index (κ3) is 5.42. The van der Waals surface area contributed by atoms with Gasteiger partial charge < -0.3 is 19.5 Å². The van der Waals surface area contributed by atoms with Gasteiger partial charge in [0, 0.05) is 11.3 Å². The van der Waals surface area contributed by atoms with Crippen LogP contribution in [0.5, 0.6) is 23.0 Å². The van der Waals surface area contributed by atoms with E-state index in [1.54, 1.807) is 36.4 Å². The average Bonchev–Trinajstić information content (AvgIpc) is 2.72. The third-order valence-electron chi connectivity index (χ3n) is 3.95. The predicted molar refractivity (Wildman–Crippen MR) is 115 cm³/mol. The van der Waals surface area contributed by atoms with Crippen LogP contribution in [0.1, 0.15) is 24.2 Å². The van der Waals surface area contributed by atoms with E-state index in [-0.39, 0.29) is 5.91 Å². The Kier molecular flexibility index (Phi) is 6.98. The molecule has 3 aromatic rings. The maximum absolute atomic E-state index is 12.7. The zero-order chi connectivity index (χ0) is 20.6. The number of nitrogens with one attached hydrogen (secondary N) is 1. The molecular weight excluding hydrogens is 390 g/mol. The molecule has 0 heterocycles. The van der Waals surface area contributed by atoms with Crippen molar-refractivity contribution in [2.24, 2.45) is 0 Å². The summed E-state index contributed by atoms with van der Waals surface area (Å²) in [6.45, 7) is 4.60. The Labute approximate surface area is 175 Å². The molecule has 150 valence electrons. The van der Waals surface area contributed by atoms with E-state index < -0.39 is 0 Å². The first kappa shape index (κ1) is 20.6. The van der Waals surface area contributed by atoms with Gasteiger partial charge in [0.25, 0.3) is 5.91 Å². The lowest BCUT2D eigenvalue weighted by Gasteiger charge is -2.14. The number of ether oxygens (including phenoxy) is 3. The highest BCUT2D eigenvalue weighted by Crippen LogP contribution is 2.37. The van der Waals surface area contributed by atoms with Crippen LogP contribution < -0.4 is 19.5 Å². The van der Waals surface area contributed by atoms with Gasteiger partial charge in [-0.2, -0.15) is 0 Å². The van der Waals surface area contributed by atoms with Crippen LogP contribution in [0.15, 0.2) is 66.7 Å². The molecule has 5 nitrogen and oxygen atoms in total. The van der Waals surface area contributed by atoms with E-state index in [9.17, 15) is 4.79 Å². The van der Waals surface area contributed by atoms with Gasteiger partial charge in [-0.25, -0.2) is 0 Å². The molecule has 0 saturated heterocycles. The highest BCUT2D eigenvalue weighted by atomic mass is 35.5. The summed E-state index contributed by atoms with van der Waals surface area (Å²) < 4.78 is 16.9. The monoisotopic (exact) mass is 411 g/mol. The Morgan fingerprint density at radius 1 is 0.897 bits per heavy atom. The summed E-state index contributed by atoms with van der Waals surface area (Å²) in [6, 6.07) is 19.8. The van der Waals surface area contributed by atoms with E-state index in [1.165, 1.54) is 0 Å². The molecule has 0 aliphatic heterocycles. The van der Waals surface area contributed by atoms with Gasteiger partial charge >= 0.3 is 0 Å². The molecular formula is C23H22ClNO4. The van der Waals surface area contributed by atoms with Gasteiger partial charge in [-0.15, -0.1) is 0 Å². The molecule has 0 spiro atoms. The number of halogens is 1. The molecule has 0 radical (unpaired) electrons. The van der Waals surface area contributed by atoms with Gasteiger partial charge in [0.1, 0.15) is 11.5 Å². The van der Waals surface area contributed by atoms with Crippen molar-refractivity contribution >= 4 is 23.2 Å². The first-order valence-electron chi connectivity index (χ1n) is 9.34. The lowest BCUT2D eigenvalue weighted by Crippen LogP contribution is -2.12. The third-order valence-corrected chi connectivity index (χ3v) is 4.23. The quantitative estimate of drug-likeness (QED) is 0.480. The Hall–Kier alpha value is -3.18. The lowest BCUT2D eigenvalue weighted by atomic mass is 10.1. The minimum atomic E-state index is -0.298. The SMILES string of the molecule is CCOc1cc(C(=O)Nc2ccc(Oc3ccccc3)cc2)cc(Cl)c1OCC. The fraction of sp³-hybridized carbons (Fsp3) is 0.174. The van der Waals surface area contributed by atoms with E-state index in [1.807, 2.05) is 44.2 Å². The molecule has 0 aromatic heterocycles. The van der Waals surface area contributed by atoms with E-state index in [4.69, 9.17) is 25.8 Å². The number of anilines is 1. The van der Waals surface area contributed by atoms with Crippen LogP contribution in [-0.4, -0.2) is 19.1 Å². The molecule has 1 amide bonds. The molecule has 0 aliphatic rings. The van der Waals surface area contributed by atoms with Gasteiger partial charge in [-0.1, -0.05) is 29.8 Å². The van der Waals surface area contributed by atoms with Crippen LogP contribution in [-0.2, 0) is 0 Å². The molecule has 29 heavy (non-hydrogen) atoms. The molecule has 0 unspecified atom stereocenters. The molecule has 1 N–H and O–H groups in total. The number of rotatable bonds is 8. The zero-order valence-electron chi connectivity index (χ0n) is 16.3. The molecule has 0 saturated carbocycles. The molecule has 0 fully saturated rings. The van der Waals surface area contributed by atoms with Gasteiger partial charge in [-0.05, 0) is 62.4 Å². The number of para-hydroxylation sites is 1. The first-order chi connectivity index (χ1) is 14.1. The summed E-state index contributed by atoms with van der Waals surface area (Å²) >= 11 is 6.29. The molecule has 0 aliphatic carbocycles. The first-order valence-corrected chi connectivity index (χ1v) is 9.72. The average molecular weight is 412 g/mol. The predicted octanol–water partition coefficient (Wildman–Crippen LogP) is 6.18. The van der Waals surface area contributed by atoms with Gasteiger partial charge in [0.05, 0.1) is 18.2 Å². The number of carbonyl (C=O) groups is 1. The van der Waals surface area contributed by atoms with Crippen molar-refractivity contribution in [1.82, 2.24) is 0 Å². The summed E-state index contributed by atoms with van der Waals surface area (Å²) in [5.41, 5.74) is 1.02. The second-order valence-corrected chi connectivity index (χ2v) is 6.45. The summed E-state index contributed by atoms with van der Waals surface area (Å²) in [7, 11) is 0. The number of carbonyl (C=O) groups excluding carboxylic acids is 1. The van der Waals surface area contributed by atoms with E-state index in [0.29, 0.717) is 46.7 Å². The number of hydrogen-bond donors (Lipinski definition) is 1. The van der Waals surface area contributed by atoms with E-state index >= 15 is 0 Å². The Morgan fingerprint density at radius 2 is 1.55 bits per heavy atom. The Morgan fingerprint density at radius 3 is 2.21 bits per heavy atom. The van der Waals surface area contributed by atoms with Gasteiger partial charge in [0.2, 0.25) is 0 Å². The van der Waals surface area contributed by atoms with Gasteiger partial charge in [0.15, 0.2) is 11.5 Å². The number of benzene rings is 3.